The van der Waals surface area contributed by atoms with Crippen molar-refractivity contribution in [3.8, 4) is 0 Å². The van der Waals surface area contributed by atoms with E-state index < -0.39 is 0 Å². The number of hydrogen-bond acceptors (Lipinski definition) is 0. The van der Waals surface area contributed by atoms with Gasteiger partial charge in [0.2, 0.25) is 5.54 Å². The summed E-state index contributed by atoms with van der Waals surface area (Å²) in [5.74, 6) is 0. The molecule has 0 aliphatic carbocycles. The molecule has 4 rings (SSSR count). The third-order valence-corrected chi connectivity index (χ3v) is 7.07. The molecular weight excluding hydrogens is 681 g/mol. The minimum absolute atomic E-state index is 0. The van der Waals surface area contributed by atoms with Gasteiger partial charge in [-0.15, -0.1) is 0 Å². The maximum Gasteiger partial charge on any atom is 0.224 e. The van der Waals surface area contributed by atoms with Crippen LogP contribution in [-0.2, 0) is 21.1 Å². The summed E-state index contributed by atoms with van der Waals surface area (Å²) in [6.07, 6.45) is 0. The molecule has 4 aromatic rings. The van der Waals surface area contributed by atoms with Crippen LogP contribution in [0.2, 0.25) is 0 Å². The summed E-state index contributed by atoms with van der Waals surface area (Å²) >= 11 is 0. The van der Waals surface area contributed by atoms with E-state index in [1.165, 1.54) is 20.7 Å². The van der Waals surface area contributed by atoms with Crippen LogP contribution in [0, 0.1) is 6.57 Å². The number of nitrogens with zero attached hydrogens (tertiary/aromatic N) is 1. The molecule has 0 heterocycles. The molecule has 0 aliphatic rings. The van der Waals surface area contributed by atoms with Gasteiger partial charge >= 0.3 is 0 Å². The Balaban J connectivity index is 0.000000511. The molecule has 0 unspecified atom stereocenters. The van der Waals surface area contributed by atoms with Crippen molar-refractivity contribution >= 4 is 47.7 Å². The molecule has 37 heavy (non-hydrogen) atoms. The zero-order chi connectivity index (χ0) is 26.7. The molecule has 0 saturated heterocycles. The average Bonchev–Trinajstić information content (AvgIpc) is 2.87. The molecule has 0 bridgehead atoms. The topological polar surface area (TPSA) is 4.36 Å². The van der Waals surface area contributed by atoms with Crippen molar-refractivity contribution in [2.24, 2.45) is 0 Å². The largest absolute Gasteiger partial charge is 0.311 e. The summed E-state index contributed by atoms with van der Waals surface area (Å²) in [6.45, 7) is 19.0. The van der Waals surface area contributed by atoms with Crippen LogP contribution >= 0.6 is 7.92 Å². The first-order valence-corrected chi connectivity index (χ1v) is 17.6. The first-order chi connectivity index (χ1) is 17.2. The van der Waals surface area contributed by atoms with E-state index in [1.807, 2.05) is 20.8 Å². The Morgan fingerprint density at radius 3 is 0.811 bits per heavy atom. The van der Waals surface area contributed by atoms with Gasteiger partial charge in [0.15, 0.2) is 0 Å². The third-order valence-electron chi connectivity index (χ3n) is 4.20. The number of benzene rings is 4. The first-order valence-electron chi connectivity index (χ1n) is 12.2. The fourth-order valence-electron chi connectivity index (χ4n) is 2.58. The number of rotatable bonds is 4. The third kappa shape index (κ3) is 20.6. The fraction of sp³-hybridized carbons (Fsp3) is 0.219. The van der Waals surface area contributed by atoms with Crippen LogP contribution in [0.4, 0.5) is 0 Å². The van der Waals surface area contributed by atoms with Crippen LogP contribution in [0.1, 0.15) is 20.8 Å². The minimum Gasteiger partial charge on any atom is -0.311 e. The van der Waals surface area contributed by atoms with Crippen LogP contribution in [0.15, 0.2) is 121 Å². The maximum atomic E-state index is 6.48. The van der Waals surface area contributed by atoms with E-state index in [4.69, 9.17) is 6.57 Å². The van der Waals surface area contributed by atoms with Gasteiger partial charge < -0.3 is 4.85 Å². The molecule has 0 atom stereocenters. The maximum absolute atomic E-state index is 6.48. The molecule has 0 amide bonds. The van der Waals surface area contributed by atoms with Gasteiger partial charge in [-0.3, -0.25) is 0 Å². The molecule has 0 fully saturated rings. The Labute approximate surface area is 246 Å². The Morgan fingerprint density at radius 1 is 0.514 bits per heavy atom. The van der Waals surface area contributed by atoms with Gasteiger partial charge in [0.1, 0.15) is 19.0 Å². The second kappa shape index (κ2) is 20.9. The van der Waals surface area contributed by atoms with Gasteiger partial charge in [0, 0.05) is 61.8 Å². The smallest absolute Gasteiger partial charge is 0.224 e. The van der Waals surface area contributed by atoms with Crippen molar-refractivity contribution < 1.29 is 21.1 Å². The Hall–Kier alpha value is -2.08. The van der Waals surface area contributed by atoms with E-state index in [9.17, 15) is 0 Å². The van der Waals surface area contributed by atoms with Gasteiger partial charge in [0.25, 0.3) is 0 Å². The molecule has 196 valence electrons. The molecule has 0 aromatic heterocycles. The van der Waals surface area contributed by atoms with E-state index in [0.717, 1.165) is 0 Å². The monoisotopic (exact) mass is 721 g/mol. The van der Waals surface area contributed by atoms with Crippen LogP contribution in [0.3, 0.4) is 0 Å². The summed E-state index contributed by atoms with van der Waals surface area (Å²) in [4.78, 5) is 3.27. The van der Waals surface area contributed by atoms with E-state index >= 15 is 0 Å². The van der Waals surface area contributed by atoms with Crippen molar-refractivity contribution in [3.63, 3.8) is 0 Å². The number of hydrogen-bond donors (Lipinski definition) is 0. The zero-order valence-electron chi connectivity index (χ0n) is 23.0. The second-order valence-electron chi connectivity index (χ2n) is 9.71. The predicted octanol–water partition coefficient (Wildman–Crippen LogP) is 4.94. The minimum atomic E-state index is -0.167. The standard InChI is InChI=1S/2C12H11Si.C5H9N.C3H9P.Pt/c2*1-3-7-11(8-4-1)13-12-9-5-2-6-10-12;1-5(2,3)6-4;1-4(2)3;/h2*1-10,13H;1-3H3;1-3H3;/p+1. The van der Waals surface area contributed by atoms with Crippen LogP contribution in [-0.4, -0.2) is 44.6 Å². The van der Waals surface area contributed by atoms with Crippen molar-refractivity contribution in [2.75, 3.05) is 20.0 Å². The average molecular weight is 722 g/mol. The van der Waals surface area contributed by atoms with Crippen LogP contribution in [0.25, 0.3) is 4.85 Å². The van der Waals surface area contributed by atoms with Crippen molar-refractivity contribution in [1.29, 1.82) is 0 Å². The molecule has 5 heteroatoms. The SMILES string of the molecule is C[PH+](C)C.[C-]#[N+]C(C)(C)C.[Pt].c1ccc([SiH]c2ccccc2)cc1.c1ccc([SiH]c2ccccc2)cc1. The predicted molar refractivity (Wildman–Crippen MR) is 171 cm³/mol. The second-order valence-corrected chi connectivity index (χ2v) is 16.0. The van der Waals surface area contributed by atoms with E-state index in [1.54, 1.807) is 0 Å². The van der Waals surface area contributed by atoms with Crippen molar-refractivity contribution in [1.82, 2.24) is 0 Å². The summed E-state index contributed by atoms with van der Waals surface area (Å²) in [6, 6.07) is 42.6. The van der Waals surface area contributed by atoms with E-state index in [0.29, 0.717) is 0 Å². The molecule has 0 aliphatic heterocycles. The van der Waals surface area contributed by atoms with Gasteiger partial charge in [-0.2, -0.15) is 0 Å². The Bertz CT molecular complexity index is 941. The molecule has 0 N–H and O–H groups in total. The molecule has 2 radical (unpaired) electrons. The van der Waals surface area contributed by atoms with Gasteiger partial charge in [0.05, 0.1) is 0 Å². The summed E-state index contributed by atoms with van der Waals surface area (Å²) in [5.41, 5.74) is -0.167. The normalized spacial score (nSPS) is 9.57. The van der Waals surface area contributed by atoms with Crippen molar-refractivity contribution in [2.45, 2.75) is 26.3 Å². The van der Waals surface area contributed by atoms with Gasteiger partial charge in [-0.05, 0) is 7.92 Å². The summed E-state index contributed by atoms with van der Waals surface area (Å²) in [7, 11) is 0.663. The zero-order valence-corrected chi connectivity index (χ0v) is 28.5. The molecular formula is C32H41NPPtSi2+. The molecule has 0 spiro atoms. The summed E-state index contributed by atoms with van der Waals surface area (Å²) in [5, 5.41) is 5.81. The van der Waals surface area contributed by atoms with E-state index in [2.05, 4.69) is 146 Å². The van der Waals surface area contributed by atoms with Crippen molar-refractivity contribution in [3.05, 3.63) is 133 Å². The molecule has 1 nitrogen and oxygen atoms in total. The van der Waals surface area contributed by atoms with Gasteiger partial charge in [-0.1, -0.05) is 142 Å². The quantitative estimate of drug-likeness (QED) is 0.160. The van der Waals surface area contributed by atoms with Gasteiger partial charge in [-0.25, -0.2) is 6.57 Å². The molecule has 0 saturated carbocycles. The van der Waals surface area contributed by atoms with E-state index in [-0.39, 0.29) is 53.6 Å². The first kappa shape index (κ1) is 34.9. The Kier molecular flexibility index (Phi) is 19.7. The fourth-order valence-corrected chi connectivity index (χ4v) is 5.01. The van der Waals surface area contributed by atoms with Crippen LogP contribution < -0.4 is 20.7 Å². The molecule has 4 aromatic carbocycles. The summed E-state index contributed by atoms with van der Waals surface area (Å²) < 4.78 is 0. The van der Waals surface area contributed by atoms with Crippen LogP contribution in [0.5, 0.6) is 0 Å². The Morgan fingerprint density at radius 2 is 0.676 bits per heavy atom.